The molecule has 9 heteroatoms. The van der Waals surface area contributed by atoms with Gasteiger partial charge in [0, 0.05) is 12.1 Å². The molecule has 2 amide bonds. The van der Waals surface area contributed by atoms with E-state index in [-0.39, 0.29) is 22.7 Å². The zero-order valence-corrected chi connectivity index (χ0v) is 13.6. The van der Waals surface area contributed by atoms with Crippen molar-refractivity contribution in [3.05, 3.63) is 48.2 Å². The zero-order valence-electron chi connectivity index (χ0n) is 13.6. The van der Waals surface area contributed by atoms with Crippen molar-refractivity contribution < 1.29 is 18.0 Å². The van der Waals surface area contributed by atoms with Gasteiger partial charge in [-0.1, -0.05) is 18.2 Å². The number of halogens is 3. The maximum atomic E-state index is 13.2. The number of rotatable bonds is 3. The molecule has 0 fully saturated rings. The van der Waals surface area contributed by atoms with Crippen LogP contribution < -0.4 is 10.6 Å². The minimum atomic E-state index is -4.51. The standard InChI is InChI=1S/C17H14F3N5O/c1-2-21-16(26)25-14-8-7-12-15(24-14)23-13(9-22-12)10-5-3-4-6-11(10)17(18,19)20/h3-9H,2H2,1H3,(H2,21,23,24,25,26). The number of hydrogen-bond acceptors (Lipinski definition) is 4. The van der Waals surface area contributed by atoms with Crippen molar-refractivity contribution in [2.24, 2.45) is 0 Å². The van der Waals surface area contributed by atoms with Crippen LogP contribution in [0.3, 0.4) is 0 Å². The van der Waals surface area contributed by atoms with Gasteiger partial charge in [-0.15, -0.1) is 0 Å². The van der Waals surface area contributed by atoms with Crippen LogP contribution in [0.4, 0.5) is 23.8 Å². The molecule has 2 aromatic heterocycles. The first-order valence-electron chi connectivity index (χ1n) is 7.73. The van der Waals surface area contributed by atoms with Crippen LogP contribution in [0.25, 0.3) is 22.4 Å². The number of alkyl halides is 3. The number of fused-ring (bicyclic) bond motifs is 1. The van der Waals surface area contributed by atoms with E-state index >= 15 is 0 Å². The van der Waals surface area contributed by atoms with Crippen molar-refractivity contribution in [2.75, 3.05) is 11.9 Å². The van der Waals surface area contributed by atoms with Gasteiger partial charge in [0.25, 0.3) is 0 Å². The molecule has 6 nitrogen and oxygen atoms in total. The van der Waals surface area contributed by atoms with Crippen LogP contribution in [-0.4, -0.2) is 27.5 Å². The van der Waals surface area contributed by atoms with Crippen LogP contribution in [0.1, 0.15) is 12.5 Å². The second-order valence-electron chi connectivity index (χ2n) is 5.32. The largest absolute Gasteiger partial charge is 0.417 e. The number of anilines is 1. The summed E-state index contributed by atoms with van der Waals surface area (Å²) in [7, 11) is 0. The van der Waals surface area contributed by atoms with E-state index in [1.807, 2.05) is 0 Å². The van der Waals surface area contributed by atoms with Crippen LogP contribution >= 0.6 is 0 Å². The Hall–Kier alpha value is -3.23. The van der Waals surface area contributed by atoms with E-state index in [0.717, 1.165) is 6.07 Å². The van der Waals surface area contributed by atoms with E-state index in [2.05, 4.69) is 25.6 Å². The van der Waals surface area contributed by atoms with Gasteiger partial charge < -0.3 is 5.32 Å². The summed E-state index contributed by atoms with van der Waals surface area (Å²) in [5.41, 5.74) is -0.301. The Labute approximate surface area is 146 Å². The van der Waals surface area contributed by atoms with Gasteiger partial charge in [-0.05, 0) is 25.1 Å². The quantitative estimate of drug-likeness (QED) is 0.743. The van der Waals surface area contributed by atoms with Crippen molar-refractivity contribution in [1.82, 2.24) is 20.3 Å². The maximum Gasteiger partial charge on any atom is 0.417 e. The van der Waals surface area contributed by atoms with Gasteiger partial charge in [0.1, 0.15) is 11.3 Å². The lowest BCUT2D eigenvalue weighted by atomic mass is 10.0. The summed E-state index contributed by atoms with van der Waals surface area (Å²) in [5, 5.41) is 5.07. The summed E-state index contributed by atoms with van der Waals surface area (Å²) in [6.45, 7) is 2.21. The predicted molar refractivity (Wildman–Crippen MR) is 90.5 cm³/mol. The molecule has 0 aliphatic rings. The maximum absolute atomic E-state index is 13.2. The molecular formula is C17H14F3N5O. The SMILES string of the molecule is CCNC(=O)Nc1ccc2ncc(-c3ccccc3C(F)(F)F)nc2n1. The number of amides is 2. The monoisotopic (exact) mass is 361 g/mol. The summed E-state index contributed by atoms with van der Waals surface area (Å²) in [6, 6.07) is 7.80. The Morgan fingerprint density at radius 2 is 1.88 bits per heavy atom. The fourth-order valence-electron chi connectivity index (χ4n) is 2.37. The molecule has 0 spiro atoms. The van der Waals surface area contributed by atoms with Crippen LogP contribution in [0.5, 0.6) is 0 Å². The summed E-state index contributed by atoms with van der Waals surface area (Å²) in [5.74, 6) is 0.221. The van der Waals surface area contributed by atoms with Crippen LogP contribution in [0, 0.1) is 0 Å². The number of carbonyl (C=O) groups is 1. The van der Waals surface area contributed by atoms with Crippen molar-refractivity contribution in [1.29, 1.82) is 0 Å². The third-order valence-electron chi connectivity index (χ3n) is 3.49. The average Bonchev–Trinajstić information content (AvgIpc) is 2.60. The summed E-state index contributed by atoms with van der Waals surface area (Å²) < 4.78 is 39.6. The summed E-state index contributed by atoms with van der Waals surface area (Å²) in [6.07, 6.45) is -3.24. The van der Waals surface area contributed by atoms with Gasteiger partial charge >= 0.3 is 12.2 Å². The first kappa shape index (κ1) is 17.6. The molecule has 1 aromatic carbocycles. The number of aromatic nitrogens is 3. The van der Waals surface area contributed by atoms with Crippen LogP contribution in [-0.2, 0) is 6.18 Å². The van der Waals surface area contributed by atoms with E-state index in [1.54, 1.807) is 13.0 Å². The van der Waals surface area contributed by atoms with E-state index < -0.39 is 17.8 Å². The molecule has 0 saturated carbocycles. The van der Waals surface area contributed by atoms with Gasteiger partial charge in [-0.2, -0.15) is 13.2 Å². The predicted octanol–water partition coefficient (Wildman–Crippen LogP) is 3.85. The zero-order chi connectivity index (χ0) is 18.7. The fourth-order valence-corrected chi connectivity index (χ4v) is 2.37. The molecule has 2 heterocycles. The highest BCUT2D eigenvalue weighted by molar-refractivity contribution is 5.89. The molecule has 3 rings (SSSR count). The molecular weight excluding hydrogens is 347 g/mol. The van der Waals surface area contributed by atoms with Gasteiger partial charge in [-0.3, -0.25) is 10.3 Å². The number of pyridine rings is 1. The summed E-state index contributed by atoms with van der Waals surface area (Å²) >= 11 is 0. The molecule has 0 saturated heterocycles. The highest BCUT2D eigenvalue weighted by atomic mass is 19.4. The Bertz CT molecular complexity index is 959. The normalized spacial score (nSPS) is 11.4. The lowest BCUT2D eigenvalue weighted by Gasteiger charge is -2.12. The Morgan fingerprint density at radius 3 is 2.62 bits per heavy atom. The Balaban J connectivity index is 2.03. The summed E-state index contributed by atoms with van der Waals surface area (Å²) in [4.78, 5) is 24.0. The molecule has 3 aromatic rings. The number of benzene rings is 1. The Morgan fingerprint density at radius 1 is 1.12 bits per heavy atom. The first-order valence-corrected chi connectivity index (χ1v) is 7.73. The van der Waals surface area contributed by atoms with Crippen molar-refractivity contribution >= 4 is 23.0 Å². The number of urea groups is 1. The van der Waals surface area contributed by atoms with Crippen molar-refractivity contribution in [3.8, 4) is 11.3 Å². The topological polar surface area (TPSA) is 79.8 Å². The third kappa shape index (κ3) is 3.71. The molecule has 0 radical (unpaired) electrons. The van der Waals surface area contributed by atoms with Gasteiger partial charge in [-0.25, -0.2) is 14.8 Å². The van der Waals surface area contributed by atoms with Gasteiger partial charge in [0.05, 0.1) is 17.5 Å². The van der Waals surface area contributed by atoms with Crippen molar-refractivity contribution in [3.63, 3.8) is 0 Å². The highest BCUT2D eigenvalue weighted by Gasteiger charge is 2.33. The number of carbonyl (C=O) groups excluding carboxylic acids is 1. The molecule has 0 aliphatic heterocycles. The molecule has 134 valence electrons. The molecule has 0 aliphatic carbocycles. The van der Waals surface area contributed by atoms with Crippen LogP contribution in [0.15, 0.2) is 42.6 Å². The Kier molecular flexibility index (Phi) is 4.70. The molecule has 0 atom stereocenters. The molecule has 0 unspecified atom stereocenters. The molecule has 2 N–H and O–H groups in total. The van der Waals surface area contributed by atoms with E-state index in [1.165, 1.54) is 30.5 Å². The molecule has 0 bridgehead atoms. The smallest absolute Gasteiger partial charge is 0.338 e. The van der Waals surface area contributed by atoms with E-state index in [0.29, 0.717) is 12.1 Å². The second-order valence-corrected chi connectivity index (χ2v) is 5.32. The lowest BCUT2D eigenvalue weighted by Crippen LogP contribution is -2.28. The average molecular weight is 361 g/mol. The van der Waals surface area contributed by atoms with Gasteiger partial charge in [0.15, 0.2) is 5.65 Å². The number of nitrogens with one attached hydrogen (secondary N) is 2. The minimum absolute atomic E-state index is 0.0492. The first-order chi connectivity index (χ1) is 12.4. The lowest BCUT2D eigenvalue weighted by molar-refractivity contribution is -0.137. The van der Waals surface area contributed by atoms with Crippen molar-refractivity contribution in [2.45, 2.75) is 13.1 Å². The number of nitrogens with zero attached hydrogens (tertiary/aromatic N) is 3. The van der Waals surface area contributed by atoms with Crippen LogP contribution in [0.2, 0.25) is 0 Å². The van der Waals surface area contributed by atoms with E-state index in [4.69, 9.17) is 0 Å². The number of hydrogen-bond donors (Lipinski definition) is 2. The highest BCUT2D eigenvalue weighted by Crippen LogP contribution is 2.36. The third-order valence-corrected chi connectivity index (χ3v) is 3.49. The second kappa shape index (κ2) is 6.95. The van der Waals surface area contributed by atoms with Gasteiger partial charge in [0.2, 0.25) is 0 Å². The minimum Gasteiger partial charge on any atom is -0.338 e. The molecule has 26 heavy (non-hydrogen) atoms. The van der Waals surface area contributed by atoms with E-state index in [9.17, 15) is 18.0 Å². The fraction of sp³-hybridized carbons (Fsp3) is 0.176.